The fourth-order valence-corrected chi connectivity index (χ4v) is 4.77. The Morgan fingerprint density at radius 2 is 2.14 bits per heavy atom. The lowest BCUT2D eigenvalue weighted by Crippen LogP contribution is -2.45. The van der Waals surface area contributed by atoms with E-state index in [1.807, 2.05) is 6.07 Å². The lowest BCUT2D eigenvalue weighted by molar-refractivity contribution is 0.141. The molecule has 3 heteroatoms. The molecule has 2 rings (SSSR count). The molecule has 3 atom stereocenters. The fraction of sp³-hybridized carbons (Fsp3) is 0.778. The van der Waals surface area contributed by atoms with Crippen molar-refractivity contribution < 1.29 is 4.42 Å². The van der Waals surface area contributed by atoms with Crippen LogP contribution in [0, 0.1) is 11.3 Å². The van der Waals surface area contributed by atoms with Gasteiger partial charge in [-0.05, 0) is 49.3 Å². The average Bonchev–Trinajstić information content (AvgIpc) is 2.99. The van der Waals surface area contributed by atoms with Crippen molar-refractivity contribution in [3.05, 3.63) is 24.2 Å². The summed E-state index contributed by atoms with van der Waals surface area (Å²) in [7, 11) is 0. The highest BCUT2D eigenvalue weighted by Gasteiger charge is 2.37. The van der Waals surface area contributed by atoms with Crippen molar-refractivity contribution in [2.45, 2.75) is 70.4 Å². The molecule has 0 aliphatic heterocycles. The number of rotatable bonds is 7. The van der Waals surface area contributed by atoms with Gasteiger partial charge in [0.1, 0.15) is 5.76 Å². The van der Waals surface area contributed by atoms with E-state index in [0.29, 0.717) is 16.7 Å². The molecule has 0 aromatic carbocycles. The summed E-state index contributed by atoms with van der Waals surface area (Å²) in [5, 5.41) is 4.41. The summed E-state index contributed by atoms with van der Waals surface area (Å²) < 4.78 is 5.49. The summed E-state index contributed by atoms with van der Waals surface area (Å²) >= 11 is 2.08. The monoisotopic (exact) mass is 309 g/mol. The van der Waals surface area contributed by atoms with Gasteiger partial charge in [0.25, 0.3) is 0 Å². The predicted octanol–water partition coefficient (Wildman–Crippen LogP) is 5.10. The van der Waals surface area contributed by atoms with Crippen LogP contribution < -0.4 is 5.32 Å². The van der Waals surface area contributed by atoms with Gasteiger partial charge >= 0.3 is 0 Å². The van der Waals surface area contributed by atoms with Crippen LogP contribution >= 0.6 is 11.8 Å². The quantitative estimate of drug-likeness (QED) is 0.759. The minimum atomic E-state index is 0.473. The lowest BCUT2D eigenvalue weighted by atomic mass is 9.68. The molecule has 1 saturated carbocycles. The fourth-order valence-electron chi connectivity index (χ4n) is 3.39. The molecule has 0 bridgehead atoms. The number of nitrogens with one attached hydrogen (secondary N) is 1. The van der Waals surface area contributed by atoms with E-state index in [-0.39, 0.29) is 0 Å². The summed E-state index contributed by atoms with van der Waals surface area (Å²) in [6.45, 7) is 10.5. The third kappa shape index (κ3) is 4.53. The second kappa shape index (κ2) is 7.73. The highest BCUT2D eigenvalue weighted by atomic mass is 32.2. The van der Waals surface area contributed by atoms with Crippen molar-refractivity contribution in [1.82, 2.24) is 5.32 Å². The van der Waals surface area contributed by atoms with Gasteiger partial charge in [-0.1, -0.05) is 34.1 Å². The van der Waals surface area contributed by atoms with Crippen LogP contribution in [0.1, 0.15) is 59.1 Å². The zero-order chi connectivity index (χ0) is 15.3. The van der Waals surface area contributed by atoms with Crippen molar-refractivity contribution >= 4 is 11.8 Å². The molecule has 1 aliphatic carbocycles. The maximum Gasteiger partial charge on any atom is 0.113 e. The van der Waals surface area contributed by atoms with Crippen LogP contribution in [0.2, 0.25) is 0 Å². The predicted molar refractivity (Wildman–Crippen MR) is 92.7 cm³/mol. The summed E-state index contributed by atoms with van der Waals surface area (Å²) in [6, 6.07) is 4.74. The van der Waals surface area contributed by atoms with Gasteiger partial charge in [0.2, 0.25) is 0 Å². The Hall–Kier alpha value is -0.410. The van der Waals surface area contributed by atoms with E-state index in [4.69, 9.17) is 4.42 Å². The first-order valence-corrected chi connectivity index (χ1v) is 9.49. The Morgan fingerprint density at radius 3 is 2.76 bits per heavy atom. The van der Waals surface area contributed by atoms with Crippen molar-refractivity contribution in [2.75, 3.05) is 6.54 Å². The lowest BCUT2D eigenvalue weighted by Gasteiger charge is -2.43. The number of hydrogen-bond donors (Lipinski definition) is 1. The van der Waals surface area contributed by atoms with E-state index < -0.39 is 0 Å². The van der Waals surface area contributed by atoms with Crippen LogP contribution in [0.3, 0.4) is 0 Å². The van der Waals surface area contributed by atoms with Gasteiger partial charge in [-0.25, -0.2) is 0 Å². The Morgan fingerprint density at radius 1 is 1.33 bits per heavy atom. The summed E-state index contributed by atoms with van der Waals surface area (Å²) in [4.78, 5) is 0. The molecule has 1 fully saturated rings. The molecule has 0 spiro atoms. The third-order valence-corrected chi connectivity index (χ3v) is 6.69. The first-order valence-electron chi connectivity index (χ1n) is 8.44. The zero-order valence-corrected chi connectivity index (χ0v) is 14.8. The normalized spacial score (nSPS) is 27.0. The van der Waals surface area contributed by atoms with Crippen LogP contribution in [0.15, 0.2) is 22.8 Å². The third-order valence-electron chi connectivity index (χ3n) is 5.29. The van der Waals surface area contributed by atoms with Gasteiger partial charge in [0.15, 0.2) is 0 Å². The molecule has 2 nitrogen and oxygen atoms in total. The van der Waals surface area contributed by atoms with Crippen molar-refractivity contribution in [2.24, 2.45) is 11.3 Å². The highest BCUT2D eigenvalue weighted by molar-refractivity contribution is 7.99. The smallest absolute Gasteiger partial charge is 0.113 e. The average molecular weight is 310 g/mol. The molecule has 1 heterocycles. The highest BCUT2D eigenvalue weighted by Crippen LogP contribution is 2.44. The number of furan rings is 1. The van der Waals surface area contributed by atoms with Crippen LogP contribution in [0.25, 0.3) is 0 Å². The number of hydrogen-bond acceptors (Lipinski definition) is 3. The second-order valence-corrected chi connectivity index (χ2v) is 8.17. The molecule has 21 heavy (non-hydrogen) atoms. The molecule has 1 aliphatic rings. The Labute approximate surface area is 134 Å². The zero-order valence-electron chi connectivity index (χ0n) is 14.0. The Kier molecular flexibility index (Phi) is 6.24. The van der Waals surface area contributed by atoms with E-state index in [1.54, 1.807) is 6.26 Å². The molecular formula is C18H31NOS. The van der Waals surface area contributed by atoms with Gasteiger partial charge in [-0.2, -0.15) is 0 Å². The molecule has 1 aromatic rings. The molecular weight excluding hydrogens is 278 g/mol. The minimum Gasteiger partial charge on any atom is -0.468 e. The largest absolute Gasteiger partial charge is 0.468 e. The second-order valence-electron chi connectivity index (χ2n) is 6.95. The van der Waals surface area contributed by atoms with Crippen LogP contribution in [-0.2, 0) is 5.75 Å². The Balaban J connectivity index is 1.97. The van der Waals surface area contributed by atoms with Crippen LogP contribution in [-0.4, -0.2) is 17.8 Å². The van der Waals surface area contributed by atoms with Crippen molar-refractivity contribution in [3.8, 4) is 0 Å². The molecule has 0 radical (unpaired) electrons. The van der Waals surface area contributed by atoms with E-state index in [9.17, 15) is 0 Å². The van der Waals surface area contributed by atoms with Crippen LogP contribution in [0.5, 0.6) is 0 Å². The van der Waals surface area contributed by atoms with Crippen LogP contribution in [0.4, 0.5) is 0 Å². The summed E-state index contributed by atoms with van der Waals surface area (Å²) in [5.74, 6) is 2.96. The standard InChI is InChI=1S/C18H31NOS/c1-5-18(3,4)14-9-10-16(19-6-2)17(12-14)21-13-15-8-7-11-20-15/h7-8,11,14,16-17,19H,5-6,9-10,12-13H2,1-4H3. The van der Waals surface area contributed by atoms with Gasteiger partial charge in [0, 0.05) is 11.3 Å². The molecule has 1 N–H and O–H groups in total. The summed E-state index contributed by atoms with van der Waals surface area (Å²) in [5.41, 5.74) is 0.473. The topological polar surface area (TPSA) is 25.2 Å². The molecule has 120 valence electrons. The molecule has 1 aromatic heterocycles. The molecule has 3 unspecified atom stereocenters. The van der Waals surface area contributed by atoms with Gasteiger partial charge in [-0.15, -0.1) is 11.8 Å². The van der Waals surface area contributed by atoms with E-state index in [1.165, 1.54) is 25.7 Å². The van der Waals surface area contributed by atoms with E-state index in [2.05, 4.69) is 50.8 Å². The molecule has 0 saturated heterocycles. The van der Waals surface area contributed by atoms with Crippen molar-refractivity contribution in [3.63, 3.8) is 0 Å². The maximum atomic E-state index is 5.49. The van der Waals surface area contributed by atoms with Gasteiger partial charge in [-0.3, -0.25) is 0 Å². The first-order chi connectivity index (χ1) is 10.1. The summed E-state index contributed by atoms with van der Waals surface area (Å²) in [6.07, 6.45) is 7.08. The number of thioether (sulfide) groups is 1. The van der Waals surface area contributed by atoms with E-state index in [0.717, 1.165) is 24.0 Å². The van der Waals surface area contributed by atoms with Crippen molar-refractivity contribution in [1.29, 1.82) is 0 Å². The van der Waals surface area contributed by atoms with Gasteiger partial charge < -0.3 is 9.73 Å². The Bertz CT molecular complexity index is 401. The minimum absolute atomic E-state index is 0.473. The first kappa shape index (κ1) is 17.0. The van der Waals surface area contributed by atoms with Gasteiger partial charge in [0.05, 0.1) is 12.0 Å². The SMILES string of the molecule is CCNC1CCC(C(C)(C)CC)CC1SCc1ccco1. The maximum absolute atomic E-state index is 5.49. The van der Waals surface area contributed by atoms with E-state index >= 15 is 0 Å². The molecule has 0 amide bonds.